The van der Waals surface area contributed by atoms with E-state index >= 15 is 0 Å². The van der Waals surface area contributed by atoms with E-state index in [0.717, 1.165) is 12.2 Å². The predicted molar refractivity (Wildman–Crippen MR) is 49.1 cm³/mol. The van der Waals surface area contributed by atoms with Gasteiger partial charge in [0, 0.05) is 6.42 Å². The third kappa shape index (κ3) is 2.23. The van der Waals surface area contributed by atoms with Gasteiger partial charge >= 0.3 is 5.97 Å². The molecule has 0 aromatic heterocycles. The maximum Gasteiger partial charge on any atom is 0.337 e. The van der Waals surface area contributed by atoms with Gasteiger partial charge in [0.15, 0.2) is 0 Å². The van der Waals surface area contributed by atoms with E-state index in [-0.39, 0.29) is 12.1 Å². The van der Waals surface area contributed by atoms with Crippen LogP contribution < -0.4 is 0 Å². The van der Waals surface area contributed by atoms with Gasteiger partial charge in [-0.05, 0) is 20.3 Å². The summed E-state index contributed by atoms with van der Waals surface area (Å²) >= 11 is 0. The normalized spacial score (nSPS) is 21.6. The molecule has 0 saturated carbocycles. The lowest BCUT2D eigenvalue weighted by Crippen LogP contribution is -2.09. The van der Waals surface area contributed by atoms with Gasteiger partial charge in [-0.25, -0.2) is 4.79 Å². The minimum Gasteiger partial charge on any atom is -0.494 e. The smallest absolute Gasteiger partial charge is 0.337 e. The molecular formula is C10H16O3. The van der Waals surface area contributed by atoms with Crippen LogP contribution in [0.1, 0.15) is 33.6 Å². The SMILES string of the molecule is CCOC(=O)C1=C(C)OC(CC)C1. The van der Waals surface area contributed by atoms with E-state index in [2.05, 4.69) is 0 Å². The highest BCUT2D eigenvalue weighted by Crippen LogP contribution is 2.27. The molecule has 0 radical (unpaired) electrons. The fraction of sp³-hybridized carbons (Fsp3) is 0.700. The van der Waals surface area contributed by atoms with Crippen LogP contribution in [0.2, 0.25) is 0 Å². The van der Waals surface area contributed by atoms with Crippen molar-refractivity contribution in [3.05, 3.63) is 11.3 Å². The topological polar surface area (TPSA) is 35.5 Å². The quantitative estimate of drug-likeness (QED) is 0.629. The molecule has 1 aliphatic rings. The van der Waals surface area contributed by atoms with Gasteiger partial charge in [-0.2, -0.15) is 0 Å². The van der Waals surface area contributed by atoms with Crippen molar-refractivity contribution in [2.45, 2.75) is 39.7 Å². The van der Waals surface area contributed by atoms with Gasteiger partial charge in [0.25, 0.3) is 0 Å². The molecule has 0 spiro atoms. The van der Waals surface area contributed by atoms with Crippen LogP contribution >= 0.6 is 0 Å². The summed E-state index contributed by atoms with van der Waals surface area (Å²) in [5, 5.41) is 0. The van der Waals surface area contributed by atoms with E-state index in [4.69, 9.17) is 9.47 Å². The zero-order chi connectivity index (χ0) is 9.84. The molecule has 0 N–H and O–H groups in total. The number of hydrogen-bond acceptors (Lipinski definition) is 3. The van der Waals surface area contributed by atoms with Crippen molar-refractivity contribution in [2.75, 3.05) is 6.61 Å². The van der Waals surface area contributed by atoms with Crippen molar-refractivity contribution >= 4 is 5.97 Å². The van der Waals surface area contributed by atoms with Crippen molar-refractivity contribution < 1.29 is 14.3 Å². The molecule has 0 aromatic rings. The molecule has 0 amide bonds. The van der Waals surface area contributed by atoms with E-state index in [9.17, 15) is 4.79 Å². The summed E-state index contributed by atoms with van der Waals surface area (Å²) in [5.74, 6) is 0.501. The Morgan fingerprint density at radius 3 is 2.77 bits per heavy atom. The van der Waals surface area contributed by atoms with E-state index < -0.39 is 0 Å². The third-order valence-corrected chi connectivity index (χ3v) is 2.18. The summed E-state index contributed by atoms with van der Waals surface area (Å²) in [7, 11) is 0. The molecule has 74 valence electrons. The molecule has 3 nitrogen and oxygen atoms in total. The van der Waals surface area contributed by atoms with Crippen molar-refractivity contribution in [1.82, 2.24) is 0 Å². The summed E-state index contributed by atoms with van der Waals surface area (Å²) in [6.07, 6.45) is 1.79. The monoisotopic (exact) mass is 184 g/mol. The van der Waals surface area contributed by atoms with Gasteiger partial charge in [-0.3, -0.25) is 0 Å². The van der Waals surface area contributed by atoms with E-state index in [1.54, 1.807) is 6.92 Å². The lowest BCUT2D eigenvalue weighted by molar-refractivity contribution is -0.138. The standard InChI is InChI=1S/C10H16O3/c1-4-8-6-9(7(3)13-8)10(11)12-5-2/h8H,4-6H2,1-3H3. The summed E-state index contributed by atoms with van der Waals surface area (Å²) < 4.78 is 10.4. The first-order valence-corrected chi connectivity index (χ1v) is 4.72. The number of ether oxygens (including phenoxy) is 2. The summed E-state index contributed by atoms with van der Waals surface area (Å²) in [4.78, 5) is 11.4. The Labute approximate surface area is 78.7 Å². The minimum atomic E-state index is -0.226. The first kappa shape index (κ1) is 10.1. The second kappa shape index (κ2) is 4.30. The Hall–Kier alpha value is -0.990. The summed E-state index contributed by atoms with van der Waals surface area (Å²) in [5.41, 5.74) is 0.703. The van der Waals surface area contributed by atoms with E-state index in [1.807, 2.05) is 13.8 Å². The van der Waals surface area contributed by atoms with Gasteiger partial charge in [0.1, 0.15) is 11.9 Å². The molecule has 0 aliphatic carbocycles. The summed E-state index contributed by atoms with van der Waals surface area (Å²) in [6.45, 7) is 6.10. The maximum atomic E-state index is 11.4. The average molecular weight is 184 g/mol. The van der Waals surface area contributed by atoms with Gasteiger partial charge in [0.2, 0.25) is 0 Å². The second-order valence-corrected chi connectivity index (χ2v) is 3.11. The van der Waals surface area contributed by atoms with Crippen LogP contribution in [0.25, 0.3) is 0 Å². The molecule has 0 fully saturated rings. The van der Waals surface area contributed by atoms with E-state index in [0.29, 0.717) is 18.6 Å². The van der Waals surface area contributed by atoms with Gasteiger partial charge in [-0.15, -0.1) is 0 Å². The maximum absolute atomic E-state index is 11.4. The largest absolute Gasteiger partial charge is 0.494 e. The molecule has 1 unspecified atom stereocenters. The molecule has 1 atom stereocenters. The molecule has 1 rings (SSSR count). The fourth-order valence-corrected chi connectivity index (χ4v) is 1.41. The Kier molecular flexibility index (Phi) is 3.34. The zero-order valence-electron chi connectivity index (χ0n) is 8.42. The van der Waals surface area contributed by atoms with Crippen LogP contribution in [0.3, 0.4) is 0 Å². The molecule has 1 heterocycles. The Bertz CT molecular complexity index is 230. The Morgan fingerprint density at radius 2 is 2.31 bits per heavy atom. The summed E-state index contributed by atoms with van der Waals surface area (Å²) in [6, 6.07) is 0. The number of carbonyl (C=O) groups is 1. The highest BCUT2D eigenvalue weighted by molar-refractivity contribution is 5.89. The van der Waals surface area contributed by atoms with Crippen LogP contribution in [0.15, 0.2) is 11.3 Å². The Balaban J connectivity index is 2.59. The van der Waals surface area contributed by atoms with E-state index in [1.165, 1.54) is 0 Å². The first-order chi connectivity index (χ1) is 6.19. The second-order valence-electron chi connectivity index (χ2n) is 3.11. The van der Waals surface area contributed by atoms with Gasteiger partial charge in [-0.1, -0.05) is 6.92 Å². The molecule has 3 heteroatoms. The highest BCUT2D eigenvalue weighted by Gasteiger charge is 2.27. The molecule has 13 heavy (non-hydrogen) atoms. The average Bonchev–Trinajstić information content (AvgIpc) is 2.47. The van der Waals surface area contributed by atoms with Crippen LogP contribution in [-0.2, 0) is 14.3 Å². The number of rotatable bonds is 3. The lowest BCUT2D eigenvalue weighted by Gasteiger charge is -2.06. The fourth-order valence-electron chi connectivity index (χ4n) is 1.41. The molecule has 1 aliphatic heterocycles. The zero-order valence-corrected chi connectivity index (χ0v) is 8.42. The third-order valence-electron chi connectivity index (χ3n) is 2.18. The minimum absolute atomic E-state index is 0.166. The molecule has 0 aromatic carbocycles. The number of carbonyl (C=O) groups excluding carboxylic acids is 1. The Morgan fingerprint density at radius 1 is 1.62 bits per heavy atom. The van der Waals surface area contributed by atoms with Crippen LogP contribution in [0.4, 0.5) is 0 Å². The van der Waals surface area contributed by atoms with Crippen LogP contribution in [0.5, 0.6) is 0 Å². The lowest BCUT2D eigenvalue weighted by atomic mass is 10.1. The molecule has 0 saturated heterocycles. The van der Waals surface area contributed by atoms with Gasteiger partial charge in [0.05, 0.1) is 12.2 Å². The highest BCUT2D eigenvalue weighted by atomic mass is 16.5. The predicted octanol–water partition coefficient (Wildman–Crippen LogP) is 2.02. The first-order valence-electron chi connectivity index (χ1n) is 4.72. The van der Waals surface area contributed by atoms with Crippen molar-refractivity contribution in [3.8, 4) is 0 Å². The van der Waals surface area contributed by atoms with Crippen molar-refractivity contribution in [1.29, 1.82) is 0 Å². The van der Waals surface area contributed by atoms with Crippen molar-refractivity contribution in [2.24, 2.45) is 0 Å². The van der Waals surface area contributed by atoms with Crippen molar-refractivity contribution in [3.63, 3.8) is 0 Å². The molecular weight excluding hydrogens is 168 g/mol. The number of esters is 1. The van der Waals surface area contributed by atoms with Gasteiger partial charge < -0.3 is 9.47 Å². The number of allylic oxidation sites excluding steroid dienone is 1. The molecule has 0 bridgehead atoms. The number of hydrogen-bond donors (Lipinski definition) is 0. The van der Waals surface area contributed by atoms with Crippen LogP contribution in [-0.4, -0.2) is 18.7 Å². The van der Waals surface area contributed by atoms with Crippen LogP contribution in [0, 0.1) is 0 Å².